The number of nitrogens with zero attached hydrogens (tertiary/aromatic N) is 2. The fourth-order valence-electron chi connectivity index (χ4n) is 2.08. The average Bonchev–Trinajstić information content (AvgIpc) is 2.75. The molecule has 0 bridgehead atoms. The zero-order valence-corrected chi connectivity index (χ0v) is 12.2. The summed E-state index contributed by atoms with van der Waals surface area (Å²) in [6, 6.07) is 7.91. The van der Waals surface area contributed by atoms with Gasteiger partial charge in [0.05, 0.1) is 0 Å². The molecule has 5 heteroatoms. The van der Waals surface area contributed by atoms with E-state index >= 15 is 0 Å². The number of rotatable bonds is 4. The monoisotopic (exact) mass is 287 g/mol. The number of anilines is 1. The minimum atomic E-state index is 0.153. The van der Waals surface area contributed by atoms with E-state index in [1.165, 1.54) is 6.42 Å². The van der Waals surface area contributed by atoms with Gasteiger partial charge < -0.3 is 9.88 Å². The largest absolute Gasteiger partial charge is 0.329 e. The maximum Gasteiger partial charge on any atom is 0.227 e. The molecule has 0 spiro atoms. The zero-order valence-electron chi connectivity index (χ0n) is 11.4. The highest BCUT2D eigenvalue weighted by molar-refractivity contribution is 7.99. The van der Waals surface area contributed by atoms with Gasteiger partial charge in [-0.2, -0.15) is 0 Å². The summed E-state index contributed by atoms with van der Waals surface area (Å²) in [5, 5.41) is 3.93. The van der Waals surface area contributed by atoms with Crippen LogP contribution in [0.3, 0.4) is 0 Å². The lowest BCUT2D eigenvalue weighted by molar-refractivity contribution is -0.122. The predicted octanol–water partition coefficient (Wildman–Crippen LogP) is 3.31. The summed E-state index contributed by atoms with van der Waals surface area (Å²) >= 11 is 1.61. The van der Waals surface area contributed by atoms with E-state index < -0.39 is 0 Å². The van der Waals surface area contributed by atoms with Gasteiger partial charge in [-0.25, -0.2) is 4.98 Å². The highest BCUT2D eigenvalue weighted by atomic mass is 32.2. The fraction of sp³-hybridized carbons (Fsp3) is 0.333. The molecule has 1 fully saturated rings. The van der Waals surface area contributed by atoms with Crippen LogP contribution >= 0.6 is 11.8 Å². The number of aromatic nitrogens is 2. The van der Waals surface area contributed by atoms with E-state index in [-0.39, 0.29) is 11.8 Å². The Bertz CT molecular complexity index is 602. The molecule has 20 heavy (non-hydrogen) atoms. The molecular formula is C15H17N3OS. The summed E-state index contributed by atoms with van der Waals surface area (Å²) in [6.45, 7) is 0. The topological polar surface area (TPSA) is 46.9 Å². The minimum absolute atomic E-state index is 0.153. The van der Waals surface area contributed by atoms with Gasteiger partial charge in [0, 0.05) is 35.9 Å². The number of carbonyl (C=O) groups excluding carboxylic acids is 1. The van der Waals surface area contributed by atoms with Crippen LogP contribution in [-0.2, 0) is 11.8 Å². The second kappa shape index (κ2) is 5.71. The van der Waals surface area contributed by atoms with Crippen LogP contribution in [-0.4, -0.2) is 15.5 Å². The number of hydrogen-bond acceptors (Lipinski definition) is 3. The molecule has 1 heterocycles. The normalized spacial score (nSPS) is 14.8. The second-order valence-electron chi connectivity index (χ2n) is 5.06. The molecule has 1 aliphatic carbocycles. The first kappa shape index (κ1) is 13.2. The lowest BCUT2D eigenvalue weighted by Gasteiger charge is -2.24. The van der Waals surface area contributed by atoms with E-state index in [4.69, 9.17) is 0 Å². The summed E-state index contributed by atoms with van der Waals surface area (Å²) in [5.74, 6) is 0.373. The van der Waals surface area contributed by atoms with Crippen molar-refractivity contribution in [2.45, 2.75) is 29.3 Å². The molecule has 0 atom stereocenters. The van der Waals surface area contributed by atoms with Crippen LogP contribution in [0.5, 0.6) is 0 Å². The van der Waals surface area contributed by atoms with E-state index in [1.54, 1.807) is 18.0 Å². The number of amides is 1. The van der Waals surface area contributed by atoms with Crippen molar-refractivity contribution in [3.63, 3.8) is 0 Å². The number of benzene rings is 1. The molecule has 104 valence electrons. The van der Waals surface area contributed by atoms with E-state index in [2.05, 4.69) is 10.3 Å². The number of imidazole rings is 1. The summed E-state index contributed by atoms with van der Waals surface area (Å²) in [6.07, 6.45) is 6.94. The van der Waals surface area contributed by atoms with Crippen LogP contribution in [0, 0.1) is 5.92 Å². The first-order valence-electron chi connectivity index (χ1n) is 6.78. The molecule has 1 amide bonds. The van der Waals surface area contributed by atoms with Crippen molar-refractivity contribution in [1.29, 1.82) is 0 Å². The van der Waals surface area contributed by atoms with Crippen molar-refractivity contribution in [1.82, 2.24) is 9.55 Å². The molecule has 1 N–H and O–H groups in total. The SMILES string of the molecule is Cn1ccnc1Sc1ccc(NC(=O)C2CCC2)cc1. The van der Waals surface area contributed by atoms with Crippen molar-refractivity contribution < 1.29 is 4.79 Å². The first-order valence-corrected chi connectivity index (χ1v) is 7.60. The third kappa shape index (κ3) is 2.88. The van der Waals surface area contributed by atoms with Gasteiger partial charge in [-0.1, -0.05) is 18.2 Å². The minimum Gasteiger partial charge on any atom is -0.329 e. The summed E-state index contributed by atoms with van der Waals surface area (Å²) in [7, 11) is 1.97. The predicted molar refractivity (Wildman–Crippen MR) is 79.7 cm³/mol. The van der Waals surface area contributed by atoms with Gasteiger partial charge in [-0.15, -0.1) is 0 Å². The Kier molecular flexibility index (Phi) is 3.78. The lowest BCUT2D eigenvalue weighted by atomic mass is 9.85. The average molecular weight is 287 g/mol. The van der Waals surface area contributed by atoms with Crippen LogP contribution in [0.25, 0.3) is 0 Å². The molecule has 0 radical (unpaired) electrons. The number of nitrogens with one attached hydrogen (secondary N) is 1. The van der Waals surface area contributed by atoms with Crippen LogP contribution in [0.15, 0.2) is 46.7 Å². The highest BCUT2D eigenvalue weighted by Gasteiger charge is 2.24. The Morgan fingerprint density at radius 2 is 2.10 bits per heavy atom. The third-order valence-electron chi connectivity index (χ3n) is 3.58. The first-order chi connectivity index (χ1) is 9.72. The van der Waals surface area contributed by atoms with Gasteiger partial charge >= 0.3 is 0 Å². The molecule has 1 saturated carbocycles. The molecule has 1 aliphatic rings. The summed E-state index contributed by atoms with van der Waals surface area (Å²) in [5.41, 5.74) is 0.867. The fourth-order valence-corrected chi connectivity index (χ4v) is 2.88. The Morgan fingerprint density at radius 3 is 2.65 bits per heavy atom. The number of carbonyl (C=O) groups is 1. The van der Waals surface area contributed by atoms with Gasteiger partial charge in [0.15, 0.2) is 5.16 Å². The molecule has 0 saturated heterocycles. The smallest absolute Gasteiger partial charge is 0.227 e. The highest BCUT2D eigenvalue weighted by Crippen LogP contribution is 2.29. The molecule has 4 nitrogen and oxygen atoms in total. The van der Waals surface area contributed by atoms with Crippen molar-refractivity contribution in [3.05, 3.63) is 36.7 Å². The molecule has 0 unspecified atom stereocenters. The van der Waals surface area contributed by atoms with E-state index in [1.807, 2.05) is 42.1 Å². The molecule has 0 aliphatic heterocycles. The number of hydrogen-bond donors (Lipinski definition) is 1. The van der Waals surface area contributed by atoms with Gasteiger partial charge in [0.2, 0.25) is 5.91 Å². The molecule has 1 aromatic carbocycles. The van der Waals surface area contributed by atoms with Gasteiger partial charge in [0.1, 0.15) is 0 Å². The van der Waals surface area contributed by atoms with Crippen LogP contribution in [0.2, 0.25) is 0 Å². The van der Waals surface area contributed by atoms with E-state index in [0.29, 0.717) is 0 Å². The molecule has 1 aromatic heterocycles. The Balaban J connectivity index is 1.62. The van der Waals surface area contributed by atoms with Crippen LogP contribution < -0.4 is 5.32 Å². The van der Waals surface area contributed by atoms with E-state index in [0.717, 1.165) is 28.6 Å². The Morgan fingerprint density at radius 1 is 1.35 bits per heavy atom. The van der Waals surface area contributed by atoms with Gasteiger partial charge in [0.25, 0.3) is 0 Å². The van der Waals surface area contributed by atoms with Crippen LogP contribution in [0.1, 0.15) is 19.3 Å². The number of aryl methyl sites for hydroxylation is 1. The standard InChI is InChI=1S/C15H17N3OS/c1-18-10-9-16-15(18)20-13-7-5-12(6-8-13)17-14(19)11-3-2-4-11/h5-11H,2-4H2,1H3,(H,17,19). The van der Waals surface area contributed by atoms with Crippen molar-refractivity contribution in [2.75, 3.05) is 5.32 Å². The zero-order chi connectivity index (χ0) is 13.9. The van der Waals surface area contributed by atoms with E-state index in [9.17, 15) is 4.79 Å². The Labute approximate surface area is 122 Å². The van der Waals surface area contributed by atoms with Crippen molar-refractivity contribution >= 4 is 23.4 Å². The lowest BCUT2D eigenvalue weighted by Crippen LogP contribution is -2.27. The second-order valence-corrected chi connectivity index (χ2v) is 6.10. The van der Waals surface area contributed by atoms with Crippen molar-refractivity contribution in [2.24, 2.45) is 13.0 Å². The van der Waals surface area contributed by atoms with Gasteiger partial charge in [-0.05, 0) is 37.1 Å². The van der Waals surface area contributed by atoms with Gasteiger partial charge in [-0.3, -0.25) is 4.79 Å². The molecular weight excluding hydrogens is 270 g/mol. The molecule has 2 aromatic rings. The Hall–Kier alpha value is -1.75. The summed E-state index contributed by atoms with van der Waals surface area (Å²) < 4.78 is 1.98. The summed E-state index contributed by atoms with van der Waals surface area (Å²) in [4.78, 5) is 17.2. The van der Waals surface area contributed by atoms with Crippen molar-refractivity contribution in [3.8, 4) is 0 Å². The van der Waals surface area contributed by atoms with Crippen LogP contribution in [0.4, 0.5) is 5.69 Å². The maximum atomic E-state index is 11.9. The quantitative estimate of drug-likeness (QED) is 0.938. The molecule has 3 rings (SSSR count). The third-order valence-corrected chi connectivity index (χ3v) is 4.67. The maximum absolute atomic E-state index is 11.9.